The first-order chi connectivity index (χ1) is 19.5. The van der Waals surface area contributed by atoms with Gasteiger partial charge in [-0.3, -0.25) is 4.40 Å². The monoisotopic (exact) mass is 596 g/mol. The number of carbonyl (C=O) groups is 1. The Labute approximate surface area is 242 Å². The first kappa shape index (κ1) is 27.8. The molecule has 0 unspecified atom stereocenters. The molecule has 2 amide bonds. The van der Waals surface area contributed by atoms with Crippen LogP contribution in [0.25, 0.3) is 21.9 Å². The minimum Gasteiger partial charge on any atom is -0.384 e. The molecule has 1 aliphatic heterocycles. The summed E-state index contributed by atoms with van der Waals surface area (Å²) in [7, 11) is 1.14. The van der Waals surface area contributed by atoms with Crippen molar-refractivity contribution in [2.45, 2.75) is 48.5 Å². The Hall–Kier alpha value is -3.38. The van der Waals surface area contributed by atoms with E-state index in [-0.39, 0.29) is 16.8 Å². The third kappa shape index (κ3) is 4.90. The van der Waals surface area contributed by atoms with Crippen LogP contribution in [-0.2, 0) is 20.2 Å². The fourth-order valence-electron chi connectivity index (χ4n) is 5.38. The zero-order valence-electron chi connectivity index (χ0n) is 23.4. The average Bonchev–Trinajstić information content (AvgIpc) is 3.71. The van der Waals surface area contributed by atoms with Crippen LogP contribution in [0.5, 0.6) is 0 Å². The Morgan fingerprint density at radius 3 is 2.76 bits per heavy atom. The van der Waals surface area contributed by atoms with E-state index in [2.05, 4.69) is 26.0 Å². The maximum Gasteiger partial charge on any atom is 0.319 e. The number of rotatable bonds is 8. The number of carbonyl (C=O) groups excluding carboxylic acids is 1. The fourth-order valence-corrected chi connectivity index (χ4v) is 7.93. The number of urea groups is 1. The summed E-state index contributed by atoms with van der Waals surface area (Å²) in [5, 5.41) is 19.5. The third-order valence-corrected chi connectivity index (χ3v) is 11.0. The highest BCUT2D eigenvalue weighted by atomic mass is 32.2. The highest BCUT2D eigenvalue weighted by molar-refractivity contribution is 7.89. The van der Waals surface area contributed by atoms with Crippen molar-refractivity contribution in [2.75, 3.05) is 40.9 Å². The molecule has 0 aromatic carbocycles. The van der Waals surface area contributed by atoms with Crippen LogP contribution in [-0.4, -0.2) is 90.3 Å². The van der Waals surface area contributed by atoms with Gasteiger partial charge in [0.15, 0.2) is 5.01 Å². The number of aromatic nitrogens is 4. The second-order valence-electron chi connectivity index (χ2n) is 11.5. The minimum absolute atomic E-state index is 0.0739. The summed E-state index contributed by atoms with van der Waals surface area (Å²) in [6.07, 6.45) is 7.96. The van der Waals surface area contributed by atoms with E-state index in [1.807, 2.05) is 13.0 Å². The summed E-state index contributed by atoms with van der Waals surface area (Å²) in [5.74, 6) is 0.102. The molecule has 6 rings (SSSR count). The number of nitrogens with one attached hydrogen (secondary N) is 1. The number of amides is 2. The Bertz CT molecular complexity index is 1720. The van der Waals surface area contributed by atoms with Gasteiger partial charge in [0.05, 0.1) is 23.8 Å². The molecule has 0 bridgehead atoms. The lowest BCUT2D eigenvalue weighted by Crippen LogP contribution is -2.41. The van der Waals surface area contributed by atoms with Gasteiger partial charge in [-0.25, -0.2) is 22.9 Å². The number of imidazole rings is 1. The van der Waals surface area contributed by atoms with Crippen molar-refractivity contribution in [3.8, 4) is 16.8 Å². The van der Waals surface area contributed by atoms with Crippen LogP contribution in [0.2, 0.25) is 0 Å². The molecule has 2 aliphatic carbocycles. The molecular formula is C27H32N8O4S2. The molecule has 216 valence electrons. The van der Waals surface area contributed by atoms with Gasteiger partial charge in [-0.15, -0.1) is 10.2 Å². The highest BCUT2D eigenvalue weighted by Crippen LogP contribution is 2.49. The molecule has 3 aromatic heterocycles. The highest BCUT2D eigenvalue weighted by Gasteiger charge is 2.52. The lowest BCUT2D eigenvalue weighted by molar-refractivity contribution is 0.176. The zero-order chi connectivity index (χ0) is 29.2. The molecule has 12 nitrogen and oxygen atoms in total. The van der Waals surface area contributed by atoms with E-state index in [1.165, 1.54) is 11.3 Å². The average molecular weight is 597 g/mol. The van der Waals surface area contributed by atoms with Crippen molar-refractivity contribution in [2.24, 2.45) is 5.92 Å². The Kier molecular flexibility index (Phi) is 6.68. The third-order valence-electron chi connectivity index (χ3n) is 8.26. The number of hydrogen-bond acceptors (Lipinski definition) is 9. The van der Waals surface area contributed by atoms with Crippen LogP contribution < -0.4 is 4.72 Å². The van der Waals surface area contributed by atoms with Gasteiger partial charge in [0.1, 0.15) is 21.8 Å². The Balaban J connectivity index is 1.43. The second kappa shape index (κ2) is 9.87. The van der Waals surface area contributed by atoms with E-state index in [0.29, 0.717) is 59.5 Å². The van der Waals surface area contributed by atoms with Crippen LogP contribution in [0.1, 0.15) is 43.2 Å². The first-order valence-corrected chi connectivity index (χ1v) is 15.8. The predicted molar refractivity (Wildman–Crippen MR) is 153 cm³/mol. The smallest absolute Gasteiger partial charge is 0.319 e. The number of ether oxygens (including phenoxy) is 1. The number of nitrogens with zero attached hydrogens (tertiary/aromatic N) is 7. The lowest BCUT2D eigenvalue weighted by atomic mass is 10.0. The van der Waals surface area contributed by atoms with E-state index < -0.39 is 21.0 Å². The Morgan fingerprint density at radius 2 is 2.12 bits per heavy atom. The van der Waals surface area contributed by atoms with Crippen LogP contribution in [0.3, 0.4) is 0 Å². The van der Waals surface area contributed by atoms with Gasteiger partial charge in [0, 0.05) is 57.5 Å². The van der Waals surface area contributed by atoms with Crippen LogP contribution in [0.4, 0.5) is 4.79 Å². The lowest BCUT2D eigenvalue weighted by Gasteiger charge is -2.29. The van der Waals surface area contributed by atoms with E-state index >= 15 is 0 Å². The maximum atomic E-state index is 13.8. The van der Waals surface area contributed by atoms with Crippen molar-refractivity contribution in [3.05, 3.63) is 35.1 Å². The summed E-state index contributed by atoms with van der Waals surface area (Å²) >= 11 is 1.34. The summed E-state index contributed by atoms with van der Waals surface area (Å²) in [6.45, 7) is 3.29. The van der Waals surface area contributed by atoms with Gasteiger partial charge in [-0.2, -0.15) is 5.26 Å². The van der Waals surface area contributed by atoms with Crippen LogP contribution >= 0.6 is 11.3 Å². The van der Waals surface area contributed by atoms with Gasteiger partial charge in [0.2, 0.25) is 10.0 Å². The molecule has 2 fully saturated rings. The van der Waals surface area contributed by atoms with Gasteiger partial charge in [-0.1, -0.05) is 17.4 Å². The number of nitriles is 1. The van der Waals surface area contributed by atoms with Crippen LogP contribution in [0, 0.1) is 17.2 Å². The molecule has 3 aliphatic rings. The van der Waals surface area contributed by atoms with Crippen molar-refractivity contribution >= 4 is 38.6 Å². The van der Waals surface area contributed by atoms with Crippen molar-refractivity contribution < 1.29 is 17.9 Å². The van der Waals surface area contributed by atoms with Gasteiger partial charge in [0.25, 0.3) is 0 Å². The van der Waals surface area contributed by atoms with Crippen molar-refractivity contribution in [1.29, 1.82) is 5.26 Å². The van der Waals surface area contributed by atoms with Gasteiger partial charge in [-0.05, 0) is 44.2 Å². The standard InChI is InChI=1S/C27H32N8O4S2/c1-26(12-18(26)15-39-4)32-41(37,38)19-11-20(17-5-9-34(10-6-17)25(36)33(2)3)22-29-13-21(35(22)14-19)23-30-31-24(40-23)27(16-28)7-8-27/h5,11,13-14,18,32H,6-10,12,15H2,1-4H3/t18-,26-/m0/s1. The number of fused-ring (bicyclic) bond motifs is 1. The maximum absolute atomic E-state index is 13.8. The fraction of sp³-hybridized carbons (Fsp3) is 0.519. The number of hydrogen-bond donors (Lipinski definition) is 1. The van der Waals surface area contributed by atoms with E-state index in [9.17, 15) is 18.5 Å². The second-order valence-corrected chi connectivity index (χ2v) is 14.2. The molecule has 2 saturated carbocycles. The number of pyridine rings is 1. The van der Waals surface area contributed by atoms with Crippen molar-refractivity contribution in [1.82, 2.24) is 34.1 Å². The summed E-state index contributed by atoms with van der Waals surface area (Å²) in [4.78, 5) is 20.6. The molecule has 41 heavy (non-hydrogen) atoms. The Morgan fingerprint density at radius 1 is 1.34 bits per heavy atom. The van der Waals surface area contributed by atoms with Crippen LogP contribution in [0.15, 0.2) is 29.4 Å². The van der Waals surface area contributed by atoms with E-state index in [4.69, 9.17) is 4.74 Å². The van der Waals surface area contributed by atoms with Crippen molar-refractivity contribution in [3.63, 3.8) is 0 Å². The molecule has 0 spiro atoms. The summed E-state index contributed by atoms with van der Waals surface area (Å²) in [6, 6.07) is 3.95. The predicted octanol–water partition coefficient (Wildman–Crippen LogP) is 2.88. The quantitative estimate of drug-likeness (QED) is 0.418. The molecule has 2 atom stereocenters. The minimum atomic E-state index is -3.91. The first-order valence-electron chi connectivity index (χ1n) is 13.5. The molecule has 0 radical (unpaired) electrons. The van der Waals surface area contributed by atoms with Gasteiger partial charge >= 0.3 is 6.03 Å². The molecule has 4 heterocycles. The molecule has 1 N–H and O–H groups in total. The molecular weight excluding hydrogens is 564 g/mol. The van der Waals surface area contributed by atoms with E-state index in [0.717, 1.165) is 18.4 Å². The topological polar surface area (TPSA) is 146 Å². The molecule has 0 saturated heterocycles. The summed E-state index contributed by atoms with van der Waals surface area (Å²) in [5.41, 5.74) is 1.65. The SMILES string of the molecule is COC[C@@H]1C[C@]1(C)NS(=O)(=O)c1cc(C2=CCN(C(=O)N(C)C)CC2)c2ncc(-c3nnc(C4(C#N)CC4)s3)n2c1. The largest absolute Gasteiger partial charge is 0.384 e. The van der Waals surface area contributed by atoms with Gasteiger partial charge < -0.3 is 14.5 Å². The normalized spacial score (nSPS) is 23.2. The molecule has 14 heteroatoms. The number of methoxy groups -OCH3 is 1. The zero-order valence-corrected chi connectivity index (χ0v) is 25.0. The summed E-state index contributed by atoms with van der Waals surface area (Å²) < 4.78 is 37.4. The number of sulfonamides is 1. The van der Waals surface area contributed by atoms with E-state index in [1.54, 1.807) is 53.9 Å². The molecule has 3 aromatic rings.